The highest BCUT2D eigenvalue weighted by atomic mass is 32.1. The van der Waals surface area contributed by atoms with Crippen LogP contribution in [0.4, 0.5) is 19.5 Å². The first-order valence-electron chi connectivity index (χ1n) is 6.25. The molecule has 1 aromatic heterocycles. The molecule has 0 saturated carbocycles. The van der Waals surface area contributed by atoms with Gasteiger partial charge < -0.3 is 15.8 Å². The number of benzene rings is 1. The lowest BCUT2D eigenvalue weighted by molar-refractivity contribution is 0.0533. The number of nitrogens with one attached hydrogen (secondary N) is 1. The number of hydrogen-bond acceptors (Lipinski definition) is 5. The summed E-state index contributed by atoms with van der Waals surface area (Å²) >= 11 is 1.11. The van der Waals surface area contributed by atoms with E-state index in [0.717, 1.165) is 29.5 Å². The third kappa shape index (κ3) is 3.69. The van der Waals surface area contributed by atoms with E-state index in [-0.39, 0.29) is 18.7 Å². The highest BCUT2D eigenvalue weighted by Gasteiger charge is 2.15. The van der Waals surface area contributed by atoms with Crippen LogP contribution in [0.25, 0.3) is 0 Å². The van der Waals surface area contributed by atoms with Crippen LogP contribution in [0.2, 0.25) is 0 Å². The smallest absolute Gasteiger partial charge is 0.350 e. The second-order valence-corrected chi connectivity index (χ2v) is 5.26. The Bertz CT molecular complexity index is 658. The van der Waals surface area contributed by atoms with Crippen molar-refractivity contribution in [2.24, 2.45) is 0 Å². The van der Waals surface area contributed by atoms with Crippen molar-refractivity contribution in [3.05, 3.63) is 46.3 Å². The minimum atomic E-state index is -0.508. The number of carbonyl (C=O) groups excluding carboxylic acids is 1. The van der Waals surface area contributed by atoms with Crippen LogP contribution in [0.5, 0.6) is 0 Å². The van der Waals surface area contributed by atoms with Crippen LogP contribution in [0, 0.1) is 11.6 Å². The van der Waals surface area contributed by atoms with E-state index in [1.54, 1.807) is 13.0 Å². The maximum Gasteiger partial charge on any atom is 0.350 e. The first-order chi connectivity index (χ1) is 10.0. The second kappa shape index (κ2) is 6.53. The highest BCUT2D eigenvalue weighted by Crippen LogP contribution is 2.30. The molecule has 0 atom stereocenters. The van der Waals surface area contributed by atoms with Crippen LogP contribution < -0.4 is 11.1 Å². The summed E-state index contributed by atoms with van der Waals surface area (Å²) in [5.74, 6) is -1.50. The molecule has 0 fully saturated rings. The van der Waals surface area contributed by atoms with Crippen LogP contribution in [-0.4, -0.2) is 12.6 Å². The van der Waals surface area contributed by atoms with Crippen LogP contribution in [-0.2, 0) is 11.3 Å². The molecule has 0 aliphatic rings. The van der Waals surface area contributed by atoms with E-state index in [2.05, 4.69) is 5.32 Å². The molecule has 0 amide bonds. The Morgan fingerprint density at radius 2 is 2.14 bits per heavy atom. The van der Waals surface area contributed by atoms with E-state index in [1.165, 1.54) is 0 Å². The monoisotopic (exact) mass is 312 g/mol. The number of carbonyl (C=O) groups is 1. The van der Waals surface area contributed by atoms with Gasteiger partial charge in [0.05, 0.1) is 17.3 Å². The lowest BCUT2D eigenvalue weighted by Gasteiger charge is -2.05. The van der Waals surface area contributed by atoms with Gasteiger partial charge in [0.1, 0.15) is 16.5 Å². The summed E-state index contributed by atoms with van der Waals surface area (Å²) in [4.78, 5) is 11.9. The molecular formula is C14H14F2N2O2S. The first-order valence-corrected chi connectivity index (χ1v) is 7.07. The quantitative estimate of drug-likeness (QED) is 0.831. The standard InChI is InChI=1S/C14H14F2N2O2S/c1-2-20-14(19)13-11(17)6-12(21-13)18-7-8-5-9(15)3-4-10(8)16/h3-6,18H,2,7,17H2,1H3. The molecule has 0 spiro atoms. The molecule has 1 heterocycles. The summed E-state index contributed by atoms with van der Waals surface area (Å²) in [7, 11) is 0. The number of halogens is 2. The SMILES string of the molecule is CCOC(=O)c1sc(NCc2cc(F)ccc2F)cc1N. The summed E-state index contributed by atoms with van der Waals surface area (Å²) in [6, 6.07) is 4.81. The molecule has 7 heteroatoms. The molecule has 21 heavy (non-hydrogen) atoms. The van der Waals surface area contributed by atoms with Crippen LogP contribution >= 0.6 is 11.3 Å². The number of ether oxygens (including phenoxy) is 1. The van der Waals surface area contributed by atoms with Gasteiger partial charge in [-0.15, -0.1) is 11.3 Å². The Labute approximate surface area is 124 Å². The molecule has 0 unspecified atom stereocenters. The Morgan fingerprint density at radius 1 is 1.38 bits per heavy atom. The third-order valence-electron chi connectivity index (χ3n) is 2.68. The van der Waals surface area contributed by atoms with Gasteiger partial charge in [-0.2, -0.15) is 0 Å². The Hall–Kier alpha value is -2.15. The Kier molecular flexibility index (Phi) is 4.74. The van der Waals surface area contributed by atoms with Gasteiger partial charge in [0, 0.05) is 12.1 Å². The topological polar surface area (TPSA) is 64.3 Å². The number of nitrogen functional groups attached to an aromatic ring is 1. The molecule has 0 aliphatic heterocycles. The minimum Gasteiger partial charge on any atom is -0.462 e. The van der Waals surface area contributed by atoms with Crippen molar-refractivity contribution in [1.82, 2.24) is 0 Å². The largest absolute Gasteiger partial charge is 0.462 e. The van der Waals surface area contributed by atoms with Crippen molar-refractivity contribution < 1.29 is 18.3 Å². The Balaban J connectivity index is 2.09. The number of thiophene rings is 1. The van der Waals surface area contributed by atoms with Gasteiger partial charge in [0.15, 0.2) is 0 Å². The number of rotatable bonds is 5. The van der Waals surface area contributed by atoms with Crippen molar-refractivity contribution >= 4 is 28.0 Å². The maximum absolute atomic E-state index is 13.5. The van der Waals surface area contributed by atoms with Gasteiger partial charge in [-0.05, 0) is 31.2 Å². The molecule has 4 nitrogen and oxygen atoms in total. The number of anilines is 2. The molecular weight excluding hydrogens is 298 g/mol. The lowest BCUT2D eigenvalue weighted by Crippen LogP contribution is -2.04. The van der Waals surface area contributed by atoms with Crippen LogP contribution in [0.3, 0.4) is 0 Å². The van der Waals surface area contributed by atoms with Gasteiger partial charge in [-0.25, -0.2) is 13.6 Å². The van der Waals surface area contributed by atoms with Gasteiger partial charge in [0.2, 0.25) is 0 Å². The summed E-state index contributed by atoms with van der Waals surface area (Å²) in [5, 5.41) is 3.49. The highest BCUT2D eigenvalue weighted by molar-refractivity contribution is 7.18. The fourth-order valence-corrected chi connectivity index (χ4v) is 2.58. The van der Waals surface area contributed by atoms with E-state index in [0.29, 0.717) is 15.6 Å². The molecule has 0 radical (unpaired) electrons. The van der Waals surface area contributed by atoms with Crippen molar-refractivity contribution in [3.8, 4) is 0 Å². The molecule has 3 N–H and O–H groups in total. The molecule has 1 aromatic carbocycles. The fraction of sp³-hybridized carbons (Fsp3) is 0.214. The average Bonchev–Trinajstić information content (AvgIpc) is 2.81. The van der Waals surface area contributed by atoms with Crippen LogP contribution in [0.1, 0.15) is 22.2 Å². The van der Waals surface area contributed by atoms with Crippen LogP contribution in [0.15, 0.2) is 24.3 Å². The second-order valence-electron chi connectivity index (χ2n) is 4.20. The third-order valence-corrected chi connectivity index (χ3v) is 3.77. The van der Waals surface area contributed by atoms with E-state index < -0.39 is 17.6 Å². The molecule has 2 rings (SSSR count). The van der Waals surface area contributed by atoms with Crippen molar-refractivity contribution in [2.75, 3.05) is 17.7 Å². The van der Waals surface area contributed by atoms with E-state index >= 15 is 0 Å². The van der Waals surface area contributed by atoms with Gasteiger partial charge in [0.25, 0.3) is 0 Å². The minimum absolute atomic E-state index is 0.0891. The van der Waals surface area contributed by atoms with Gasteiger partial charge in [-0.3, -0.25) is 0 Å². The summed E-state index contributed by atoms with van der Waals surface area (Å²) < 4.78 is 31.4. The molecule has 112 valence electrons. The number of hydrogen-bond donors (Lipinski definition) is 2. The molecule has 2 aromatic rings. The zero-order chi connectivity index (χ0) is 15.4. The average molecular weight is 312 g/mol. The summed E-state index contributed by atoms with van der Waals surface area (Å²) in [5.41, 5.74) is 6.22. The zero-order valence-electron chi connectivity index (χ0n) is 11.3. The van der Waals surface area contributed by atoms with E-state index in [9.17, 15) is 13.6 Å². The van der Waals surface area contributed by atoms with Gasteiger partial charge >= 0.3 is 5.97 Å². The number of nitrogens with two attached hydrogens (primary N) is 1. The predicted octanol–water partition coefficient (Wildman–Crippen LogP) is 3.40. The number of esters is 1. The van der Waals surface area contributed by atoms with Crippen molar-refractivity contribution in [1.29, 1.82) is 0 Å². The van der Waals surface area contributed by atoms with Crippen molar-refractivity contribution in [3.63, 3.8) is 0 Å². The summed E-state index contributed by atoms with van der Waals surface area (Å²) in [6.45, 7) is 2.05. The van der Waals surface area contributed by atoms with Crippen molar-refractivity contribution in [2.45, 2.75) is 13.5 Å². The molecule has 0 aliphatic carbocycles. The van der Waals surface area contributed by atoms with Gasteiger partial charge in [-0.1, -0.05) is 0 Å². The first kappa shape index (κ1) is 15.2. The zero-order valence-corrected chi connectivity index (χ0v) is 12.1. The maximum atomic E-state index is 13.5. The molecule has 0 saturated heterocycles. The molecule has 0 bridgehead atoms. The normalized spacial score (nSPS) is 10.4. The fourth-order valence-electron chi connectivity index (χ4n) is 1.71. The van der Waals surface area contributed by atoms with E-state index in [4.69, 9.17) is 10.5 Å². The summed E-state index contributed by atoms with van der Waals surface area (Å²) in [6.07, 6.45) is 0. The Morgan fingerprint density at radius 3 is 2.86 bits per heavy atom. The lowest BCUT2D eigenvalue weighted by atomic mass is 10.2. The predicted molar refractivity (Wildman–Crippen MR) is 78.4 cm³/mol. The van der Waals surface area contributed by atoms with E-state index in [1.807, 2.05) is 0 Å².